The van der Waals surface area contributed by atoms with Crippen LogP contribution in [0, 0.1) is 5.82 Å². The monoisotopic (exact) mass is 270 g/mol. The van der Waals surface area contributed by atoms with Gasteiger partial charge in [0, 0.05) is 17.6 Å². The minimum atomic E-state index is -0.786. The second kappa shape index (κ2) is 3.87. The van der Waals surface area contributed by atoms with Gasteiger partial charge in [-0.2, -0.15) is 0 Å². The van der Waals surface area contributed by atoms with Crippen LogP contribution in [0.25, 0.3) is 5.57 Å². The normalized spacial score (nSPS) is 20.6. The molecule has 15 heavy (non-hydrogen) atoms. The van der Waals surface area contributed by atoms with Gasteiger partial charge < -0.3 is 5.11 Å². The molecule has 1 atom stereocenters. The maximum absolute atomic E-state index is 13.6. The molecule has 0 spiro atoms. The zero-order chi connectivity index (χ0) is 11.0. The van der Waals surface area contributed by atoms with Gasteiger partial charge in [0.1, 0.15) is 5.82 Å². The Hall–Kier alpha value is -1.000. The molecule has 1 N–H and O–H groups in total. The zero-order valence-electron chi connectivity index (χ0n) is 7.71. The van der Waals surface area contributed by atoms with E-state index in [1.54, 1.807) is 12.1 Å². The molecule has 2 nitrogen and oxygen atoms in total. The lowest BCUT2D eigenvalue weighted by atomic mass is 10.0. The summed E-state index contributed by atoms with van der Waals surface area (Å²) in [6.45, 7) is 0. The number of carbonyl (C=O) groups excluding carboxylic acids is 1. The minimum absolute atomic E-state index is 0.0429. The van der Waals surface area contributed by atoms with Gasteiger partial charge in [-0.25, -0.2) is 4.39 Å². The number of halogens is 2. The summed E-state index contributed by atoms with van der Waals surface area (Å²) < 4.78 is 13.9. The van der Waals surface area contributed by atoms with Crippen molar-refractivity contribution in [3.63, 3.8) is 0 Å². The van der Waals surface area contributed by atoms with Gasteiger partial charge in [-0.05, 0) is 28.1 Å². The largest absolute Gasteiger partial charge is 0.389 e. The van der Waals surface area contributed by atoms with Crippen LogP contribution in [0.2, 0.25) is 0 Å². The maximum atomic E-state index is 13.6. The van der Waals surface area contributed by atoms with Crippen molar-refractivity contribution in [2.75, 3.05) is 0 Å². The second-order valence-corrected chi connectivity index (χ2v) is 4.23. The van der Waals surface area contributed by atoms with Gasteiger partial charge in [-0.1, -0.05) is 12.1 Å². The lowest BCUT2D eigenvalue weighted by Crippen LogP contribution is -2.01. The molecule has 0 saturated heterocycles. The van der Waals surface area contributed by atoms with Crippen LogP contribution in [0.5, 0.6) is 0 Å². The fourth-order valence-corrected chi connectivity index (χ4v) is 1.96. The zero-order valence-corrected chi connectivity index (χ0v) is 9.29. The van der Waals surface area contributed by atoms with E-state index in [-0.39, 0.29) is 23.3 Å². The summed E-state index contributed by atoms with van der Waals surface area (Å²) in [7, 11) is 0. The summed E-state index contributed by atoms with van der Waals surface area (Å²) in [5.41, 5.74) is 0.507. The smallest absolute Gasteiger partial charge is 0.166 e. The van der Waals surface area contributed by atoms with Crippen LogP contribution in [0.1, 0.15) is 12.0 Å². The molecule has 0 aliphatic heterocycles. The van der Waals surface area contributed by atoms with E-state index >= 15 is 0 Å². The Balaban J connectivity index is 2.51. The summed E-state index contributed by atoms with van der Waals surface area (Å²) in [6.07, 6.45) is 0.653. The Bertz CT molecular complexity index is 454. The van der Waals surface area contributed by atoms with E-state index in [0.717, 1.165) is 0 Å². The van der Waals surface area contributed by atoms with Crippen molar-refractivity contribution in [1.82, 2.24) is 0 Å². The third kappa shape index (κ3) is 1.87. The van der Waals surface area contributed by atoms with E-state index in [9.17, 15) is 14.3 Å². The van der Waals surface area contributed by atoms with E-state index in [2.05, 4.69) is 15.9 Å². The Labute approximate surface area is 94.5 Å². The van der Waals surface area contributed by atoms with Gasteiger partial charge >= 0.3 is 0 Å². The SMILES string of the molecule is O=C1CC(O)C=C1c1cccc(Br)c1F. The second-order valence-electron chi connectivity index (χ2n) is 3.38. The highest BCUT2D eigenvalue weighted by Crippen LogP contribution is 2.29. The molecule has 1 aromatic rings. The molecule has 0 heterocycles. The molecule has 0 radical (unpaired) electrons. The van der Waals surface area contributed by atoms with Crippen LogP contribution in [0.3, 0.4) is 0 Å². The van der Waals surface area contributed by atoms with Crippen LogP contribution >= 0.6 is 15.9 Å². The third-order valence-electron chi connectivity index (χ3n) is 2.30. The number of ketones is 1. The van der Waals surface area contributed by atoms with Crippen molar-refractivity contribution in [2.24, 2.45) is 0 Å². The van der Waals surface area contributed by atoms with Crippen molar-refractivity contribution in [2.45, 2.75) is 12.5 Å². The van der Waals surface area contributed by atoms with Crippen LogP contribution in [0.15, 0.2) is 28.7 Å². The summed E-state index contributed by atoms with van der Waals surface area (Å²) in [4.78, 5) is 11.4. The first-order valence-electron chi connectivity index (χ1n) is 4.47. The van der Waals surface area contributed by atoms with Gasteiger partial charge in [0.2, 0.25) is 0 Å². The lowest BCUT2D eigenvalue weighted by molar-refractivity contribution is -0.114. The van der Waals surface area contributed by atoms with E-state index in [1.807, 2.05) is 0 Å². The number of allylic oxidation sites excluding steroid dienone is 1. The van der Waals surface area contributed by atoms with Crippen molar-refractivity contribution in [3.8, 4) is 0 Å². The standard InChI is InChI=1S/C11H8BrFO2/c12-9-3-1-2-7(11(9)13)8-4-6(14)5-10(8)15/h1-4,6,14H,5H2. The van der Waals surface area contributed by atoms with Crippen molar-refractivity contribution >= 4 is 27.3 Å². The first kappa shape index (κ1) is 10.5. The van der Waals surface area contributed by atoms with Gasteiger partial charge in [0.05, 0.1) is 10.6 Å². The van der Waals surface area contributed by atoms with Crippen LogP contribution in [0.4, 0.5) is 4.39 Å². The number of aliphatic hydroxyl groups is 1. The van der Waals surface area contributed by atoms with Crippen molar-refractivity contribution < 1.29 is 14.3 Å². The Morgan fingerprint density at radius 2 is 2.20 bits per heavy atom. The maximum Gasteiger partial charge on any atom is 0.166 e. The molecule has 0 fully saturated rings. The number of hydrogen-bond acceptors (Lipinski definition) is 2. The highest BCUT2D eigenvalue weighted by atomic mass is 79.9. The molecule has 4 heteroatoms. The molecule has 78 valence electrons. The highest BCUT2D eigenvalue weighted by molar-refractivity contribution is 9.10. The summed E-state index contributed by atoms with van der Waals surface area (Å²) in [6, 6.07) is 4.75. The molecular formula is C11H8BrFO2. The predicted octanol–water partition coefficient (Wildman–Crippen LogP) is 2.31. The first-order chi connectivity index (χ1) is 7.09. The highest BCUT2D eigenvalue weighted by Gasteiger charge is 2.25. The van der Waals surface area contributed by atoms with Gasteiger partial charge in [0.15, 0.2) is 5.78 Å². The van der Waals surface area contributed by atoms with E-state index < -0.39 is 11.9 Å². The molecule has 0 saturated carbocycles. The molecule has 1 unspecified atom stereocenters. The van der Waals surface area contributed by atoms with E-state index in [4.69, 9.17) is 0 Å². The summed E-state index contributed by atoms with van der Waals surface area (Å²) >= 11 is 3.05. The number of carbonyl (C=O) groups is 1. The number of Topliss-reactive ketones (excluding diaryl/α,β-unsaturated/α-hetero) is 1. The molecule has 0 bridgehead atoms. The van der Waals surface area contributed by atoms with Gasteiger partial charge in [-0.3, -0.25) is 4.79 Å². The molecule has 0 amide bonds. The molecule has 0 aromatic heterocycles. The average molecular weight is 271 g/mol. The fraction of sp³-hybridized carbons (Fsp3) is 0.182. The third-order valence-corrected chi connectivity index (χ3v) is 2.91. The average Bonchev–Trinajstić information content (AvgIpc) is 2.50. The topological polar surface area (TPSA) is 37.3 Å². The van der Waals surface area contributed by atoms with Gasteiger partial charge in [-0.15, -0.1) is 0 Å². The Kier molecular flexibility index (Phi) is 2.71. The Morgan fingerprint density at radius 1 is 1.47 bits per heavy atom. The van der Waals surface area contributed by atoms with E-state index in [1.165, 1.54) is 12.1 Å². The molecular weight excluding hydrogens is 263 g/mol. The number of hydrogen-bond donors (Lipinski definition) is 1. The van der Waals surface area contributed by atoms with Gasteiger partial charge in [0.25, 0.3) is 0 Å². The lowest BCUT2D eigenvalue weighted by Gasteiger charge is -2.03. The van der Waals surface area contributed by atoms with Crippen LogP contribution < -0.4 is 0 Å². The van der Waals surface area contributed by atoms with Crippen molar-refractivity contribution in [3.05, 3.63) is 40.1 Å². The minimum Gasteiger partial charge on any atom is -0.389 e. The molecule has 2 rings (SSSR count). The molecule has 1 aliphatic rings. The van der Waals surface area contributed by atoms with Crippen LogP contribution in [-0.4, -0.2) is 17.0 Å². The van der Waals surface area contributed by atoms with Crippen LogP contribution in [-0.2, 0) is 4.79 Å². The first-order valence-corrected chi connectivity index (χ1v) is 5.26. The quantitative estimate of drug-likeness (QED) is 0.851. The fourth-order valence-electron chi connectivity index (χ4n) is 1.60. The number of rotatable bonds is 1. The number of benzene rings is 1. The Morgan fingerprint density at radius 3 is 2.80 bits per heavy atom. The summed E-state index contributed by atoms with van der Waals surface area (Å²) in [5.74, 6) is -0.689. The number of aliphatic hydroxyl groups excluding tert-OH is 1. The molecule has 1 aliphatic carbocycles. The molecule has 1 aromatic carbocycles. The predicted molar refractivity (Wildman–Crippen MR) is 57.7 cm³/mol. The summed E-state index contributed by atoms with van der Waals surface area (Å²) in [5, 5.41) is 9.26. The van der Waals surface area contributed by atoms with Crippen molar-refractivity contribution in [1.29, 1.82) is 0 Å². The van der Waals surface area contributed by atoms with E-state index in [0.29, 0.717) is 4.47 Å².